The Bertz CT molecular complexity index is 978. The van der Waals surface area contributed by atoms with Crippen LogP contribution >= 0.6 is 11.6 Å². The highest BCUT2D eigenvalue weighted by atomic mass is 35.5. The van der Waals surface area contributed by atoms with Gasteiger partial charge in [-0.3, -0.25) is 0 Å². The Labute approximate surface area is 184 Å². The van der Waals surface area contributed by atoms with Gasteiger partial charge in [0.15, 0.2) is 5.96 Å². The van der Waals surface area contributed by atoms with E-state index < -0.39 is 6.61 Å². The standard InChI is InChI=1S/C22H24ClF2N5O/c1-2-27-22(29-13-18-11-19(23)7-8-20(18)31-21(24)25)28-12-16-3-5-17(6-4-16)14-30-10-9-26-15-30/h3-11,15,21H,2,12-14H2,1H3,(H2,27,28,29). The molecule has 0 aliphatic heterocycles. The van der Waals surface area contributed by atoms with Gasteiger partial charge in [-0.25, -0.2) is 9.98 Å². The maximum Gasteiger partial charge on any atom is 0.387 e. The summed E-state index contributed by atoms with van der Waals surface area (Å²) in [5.74, 6) is 0.643. The molecule has 3 rings (SSSR count). The molecule has 0 spiro atoms. The van der Waals surface area contributed by atoms with Crippen molar-refractivity contribution in [1.82, 2.24) is 20.2 Å². The third-order valence-electron chi connectivity index (χ3n) is 4.40. The van der Waals surface area contributed by atoms with Gasteiger partial charge in [-0.05, 0) is 36.2 Å². The lowest BCUT2D eigenvalue weighted by molar-refractivity contribution is -0.0504. The number of hydrogen-bond acceptors (Lipinski definition) is 3. The van der Waals surface area contributed by atoms with Crippen molar-refractivity contribution in [3.8, 4) is 5.75 Å². The van der Waals surface area contributed by atoms with Crippen LogP contribution in [0.15, 0.2) is 66.2 Å². The summed E-state index contributed by atoms with van der Waals surface area (Å²) in [5, 5.41) is 6.72. The second-order valence-corrected chi connectivity index (χ2v) is 7.17. The number of halogens is 3. The van der Waals surface area contributed by atoms with Crippen molar-refractivity contribution in [2.75, 3.05) is 6.54 Å². The average molecular weight is 448 g/mol. The van der Waals surface area contributed by atoms with Crippen molar-refractivity contribution >= 4 is 17.6 Å². The highest BCUT2D eigenvalue weighted by Crippen LogP contribution is 2.24. The van der Waals surface area contributed by atoms with Crippen LogP contribution < -0.4 is 15.4 Å². The molecule has 3 aromatic rings. The van der Waals surface area contributed by atoms with Gasteiger partial charge >= 0.3 is 6.61 Å². The lowest BCUT2D eigenvalue weighted by Crippen LogP contribution is -2.36. The quantitative estimate of drug-likeness (QED) is 0.376. The van der Waals surface area contributed by atoms with Crippen molar-refractivity contribution in [2.24, 2.45) is 4.99 Å². The number of aliphatic imine (C=N–C) groups is 1. The molecule has 164 valence electrons. The molecule has 0 atom stereocenters. The summed E-state index contributed by atoms with van der Waals surface area (Å²) in [4.78, 5) is 8.62. The minimum atomic E-state index is -2.90. The van der Waals surface area contributed by atoms with Crippen LogP contribution in [0.2, 0.25) is 5.02 Å². The largest absolute Gasteiger partial charge is 0.434 e. The summed E-state index contributed by atoms with van der Waals surface area (Å²) in [7, 11) is 0. The van der Waals surface area contributed by atoms with Crippen molar-refractivity contribution in [1.29, 1.82) is 0 Å². The van der Waals surface area contributed by atoms with Gasteiger partial charge in [0.25, 0.3) is 0 Å². The van der Waals surface area contributed by atoms with Gasteiger partial charge in [0.05, 0.1) is 12.9 Å². The summed E-state index contributed by atoms with van der Waals surface area (Å²) in [5.41, 5.74) is 2.74. The number of ether oxygens (including phenoxy) is 1. The third-order valence-corrected chi connectivity index (χ3v) is 4.63. The minimum Gasteiger partial charge on any atom is -0.434 e. The number of rotatable bonds is 9. The predicted octanol–water partition coefficient (Wildman–Crippen LogP) is 4.44. The number of nitrogens with one attached hydrogen (secondary N) is 2. The SMILES string of the molecule is CCNC(=NCc1ccc(Cn2ccnc2)cc1)NCc1cc(Cl)ccc1OC(F)F. The molecule has 0 aliphatic rings. The number of guanidine groups is 1. The van der Waals surface area contributed by atoms with Gasteiger partial charge in [-0.1, -0.05) is 35.9 Å². The van der Waals surface area contributed by atoms with Crippen LogP contribution in [0.5, 0.6) is 5.75 Å². The maximum absolute atomic E-state index is 12.6. The molecule has 0 bridgehead atoms. The van der Waals surface area contributed by atoms with E-state index in [4.69, 9.17) is 11.6 Å². The Kier molecular flexibility index (Phi) is 8.23. The maximum atomic E-state index is 12.6. The Morgan fingerprint density at radius 2 is 1.94 bits per heavy atom. The summed E-state index contributed by atoms with van der Waals surface area (Å²) < 4.78 is 31.9. The molecule has 0 fully saturated rings. The highest BCUT2D eigenvalue weighted by molar-refractivity contribution is 6.30. The number of imidazole rings is 1. The number of hydrogen-bond donors (Lipinski definition) is 2. The van der Waals surface area contributed by atoms with Crippen molar-refractivity contribution < 1.29 is 13.5 Å². The minimum absolute atomic E-state index is 0.0798. The smallest absolute Gasteiger partial charge is 0.387 e. The third kappa shape index (κ3) is 7.25. The second-order valence-electron chi connectivity index (χ2n) is 6.73. The zero-order valence-corrected chi connectivity index (χ0v) is 17.8. The van der Waals surface area contributed by atoms with E-state index in [0.29, 0.717) is 29.6 Å². The van der Waals surface area contributed by atoms with E-state index in [-0.39, 0.29) is 12.3 Å². The van der Waals surface area contributed by atoms with Crippen LogP contribution in [0.3, 0.4) is 0 Å². The molecule has 0 aliphatic carbocycles. The van der Waals surface area contributed by atoms with E-state index in [1.165, 1.54) is 17.7 Å². The Morgan fingerprint density at radius 3 is 2.61 bits per heavy atom. The number of aromatic nitrogens is 2. The molecule has 1 aromatic heterocycles. The van der Waals surface area contributed by atoms with E-state index in [1.54, 1.807) is 18.6 Å². The van der Waals surface area contributed by atoms with E-state index in [1.807, 2.05) is 29.8 Å². The first-order chi connectivity index (χ1) is 15.0. The zero-order valence-electron chi connectivity index (χ0n) is 17.1. The first-order valence-electron chi connectivity index (χ1n) is 9.82. The van der Waals surface area contributed by atoms with Gasteiger partial charge in [-0.2, -0.15) is 8.78 Å². The van der Waals surface area contributed by atoms with Gasteiger partial charge < -0.3 is 19.9 Å². The van der Waals surface area contributed by atoms with Crippen LogP contribution in [0, 0.1) is 0 Å². The number of nitrogens with zero attached hydrogens (tertiary/aromatic N) is 3. The monoisotopic (exact) mass is 447 g/mol. The van der Waals surface area contributed by atoms with Gasteiger partial charge in [0.1, 0.15) is 5.75 Å². The van der Waals surface area contributed by atoms with Crippen LogP contribution in [0.4, 0.5) is 8.78 Å². The average Bonchev–Trinajstić information content (AvgIpc) is 3.25. The summed E-state index contributed by atoms with van der Waals surface area (Å²) >= 11 is 6.01. The van der Waals surface area contributed by atoms with Crippen LogP contribution in [-0.2, 0) is 19.6 Å². The topological polar surface area (TPSA) is 63.5 Å². The molecule has 0 radical (unpaired) electrons. The highest BCUT2D eigenvalue weighted by Gasteiger charge is 2.11. The molecule has 31 heavy (non-hydrogen) atoms. The summed E-state index contributed by atoms with van der Waals surface area (Å²) in [6.07, 6.45) is 5.46. The fourth-order valence-corrected chi connectivity index (χ4v) is 3.12. The fourth-order valence-electron chi connectivity index (χ4n) is 2.93. The van der Waals surface area contributed by atoms with E-state index in [9.17, 15) is 8.78 Å². The number of benzene rings is 2. The van der Waals surface area contributed by atoms with Crippen molar-refractivity contribution in [3.63, 3.8) is 0 Å². The molecule has 1 heterocycles. The van der Waals surface area contributed by atoms with Crippen molar-refractivity contribution in [2.45, 2.75) is 33.2 Å². The summed E-state index contributed by atoms with van der Waals surface area (Å²) in [6, 6.07) is 12.7. The normalized spacial score (nSPS) is 11.6. The van der Waals surface area contributed by atoms with Gasteiger partial charge in [-0.15, -0.1) is 0 Å². The van der Waals surface area contributed by atoms with Crippen LogP contribution in [0.25, 0.3) is 0 Å². The first-order valence-corrected chi connectivity index (χ1v) is 10.2. The van der Waals surface area contributed by atoms with Crippen molar-refractivity contribution in [3.05, 3.63) is 82.9 Å². The van der Waals surface area contributed by atoms with Crippen LogP contribution in [0.1, 0.15) is 23.6 Å². The molecular weight excluding hydrogens is 424 g/mol. The van der Waals surface area contributed by atoms with Gasteiger partial charge in [0, 0.05) is 42.6 Å². The lowest BCUT2D eigenvalue weighted by atomic mass is 10.1. The van der Waals surface area contributed by atoms with Crippen LogP contribution in [-0.4, -0.2) is 28.7 Å². The molecule has 2 aromatic carbocycles. The second kappa shape index (κ2) is 11.3. The van der Waals surface area contributed by atoms with Gasteiger partial charge in [0.2, 0.25) is 0 Å². The lowest BCUT2D eigenvalue weighted by Gasteiger charge is -2.15. The Morgan fingerprint density at radius 1 is 1.16 bits per heavy atom. The zero-order chi connectivity index (χ0) is 22.1. The van der Waals surface area contributed by atoms with E-state index >= 15 is 0 Å². The Hall–Kier alpha value is -3.13. The number of alkyl halides is 2. The Balaban J connectivity index is 1.62. The summed E-state index contributed by atoms with van der Waals surface area (Å²) in [6.45, 7) is 1.17. The molecule has 0 saturated carbocycles. The molecule has 9 heteroatoms. The van der Waals surface area contributed by atoms with E-state index in [2.05, 4.69) is 37.5 Å². The molecule has 0 saturated heterocycles. The molecule has 0 amide bonds. The fraction of sp³-hybridized carbons (Fsp3) is 0.273. The van der Waals surface area contributed by atoms with E-state index in [0.717, 1.165) is 12.1 Å². The first kappa shape index (κ1) is 22.6. The molecular formula is C22H24ClF2N5O. The molecule has 0 unspecified atom stereocenters. The molecule has 6 nitrogen and oxygen atoms in total. The predicted molar refractivity (Wildman–Crippen MR) is 118 cm³/mol. The molecule has 2 N–H and O–H groups in total.